The molecule has 0 N–H and O–H groups in total. The Kier molecular flexibility index (Phi) is 10.1. The van der Waals surface area contributed by atoms with E-state index in [2.05, 4.69) is 19.1 Å². The van der Waals surface area contributed by atoms with Gasteiger partial charge in [-0.3, -0.25) is 0 Å². The van der Waals surface area contributed by atoms with Crippen LogP contribution in [0.4, 0.5) is 0 Å². The summed E-state index contributed by atoms with van der Waals surface area (Å²) in [6, 6.07) is 0. The van der Waals surface area contributed by atoms with Crippen molar-refractivity contribution in [3.63, 3.8) is 0 Å². The smallest absolute Gasteiger partial charge is 0.00424 e. The number of hydrogen-bond acceptors (Lipinski definition) is 0. The first-order valence-corrected chi connectivity index (χ1v) is 4.94. The number of allylic oxidation sites excluding steroid dienone is 5. The molecule has 1 heteroatoms. The lowest BCUT2D eigenvalue weighted by Crippen LogP contribution is -1.69. The van der Waals surface area contributed by atoms with Gasteiger partial charge in [0, 0.05) is 5.54 Å². The fourth-order valence-corrected chi connectivity index (χ4v) is 0.941. The third-order valence-electron chi connectivity index (χ3n) is 1.52. The third kappa shape index (κ3) is 9.51. The van der Waals surface area contributed by atoms with E-state index >= 15 is 0 Å². The summed E-state index contributed by atoms with van der Waals surface area (Å²) in [5.41, 5.74) is 1.50. The van der Waals surface area contributed by atoms with Gasteiger partial charge in [-0.05, 0) is 12.8 Å². The molecule has 0 atom stereocenters. The summed E-state index contributed by atoms with van der Waals surface area (Å²) in [7, 11) is 0. The maximum absolute atomic E-state index is 5.33. The zero-order valence-corrected chi connectivity index (χ0v) is 8.43. The van der Waals surface area contributed by atoms with E-state index in [9.17, 15) is 0 Å². The van der Waals surface area contributed by atoms with Crippen LogP contribution in [0, 0.1) is 0 Å². The van der Waals surface area contributed by atoms with Crippen LogP contribution in [0.2, 0.25) is 0 Å². The van der Waals surface area contributed by atoms with Crippen molar-refractivity contribution in [1.82, 2.24) is 0 Å². The van der Waals surface area contributed by atoms with Gasteiger partial charge >= 0.3 is 0 Å². The maximum Gasteiger partial charge on any atom is 0.00424 e. The van der Waals surface area contributed by atoms with Crippen molar-refractivity contribution in [1.29, 1.82) is 0 Å². The summed E-state index contributed by atoms with van der Waals surface area (Å²) >= 11 is 5.33. The predicted molar refractivity (Wildman–Crippen MR) is 57.4 cm³/mol. The lowest BCUT2D eigenvalue weighted by atomic mass is 10.2. The molecule has 12 heavy (non-hydrogen) atoms. The Morgan fingerprint density at radius 2 is 1.75 bits per heavy atom. The monoisotopic (exact) mass is 184 g/mol. The Morgan fingerprint density at radius 3 is 2.42 bits per heavy atom. The fraction of sp³-hybridized carbons (Fsp3) is 0.455. The Bertz CT molecular complexity index is 154. The highest BCUT2D eigenvalue weighted by Crippen LogP contribution is 1.99. The van der Waals surface area contributed by atoms with Crippen molar-refractivity contribution in [3.8, 4) is 0 Å². The molecule has 0 saturated heterocycles. The van der Waals surface area contributed by atoms with Gasteiger partial charge in [0.15, 0.2) is 0 Å². The van der Waals surface area contributed by atoms with Crippen LogP contribution in [0.5, 0.6) is 0 Å². The molecule has 0 nitrogen and oxygen atoms in total. The molecule has 0 aromatic heterocycles. The van der Waals surface area contributed by atoms with Crippen molar-refractivity contribution in [2.75, 3.05) is 0 Å². The second-order valence-corrected chi connectivity index (χ2v) is 2.88. The summed E-state index contributed by atoms with van der Waals surface area (Å²) in [6.07, 6.45) is 15.1. The average molecular weight is 185 g/mol. The molecular weight excluding hydrogens is 168 g/mol. The minimum atomic E-state index is 1.18. The van der Waals surface area contributed by atoms with Gasteiger partial charge in [-0.15, -0.1) is 0 Å². The molecule has 0 fully saturated rings. The molecule has 68 valence electrons. The highest BCUT2D eigenvalue weighted by molar-refractivity contribution is 6.25. The highest BCUT2D eigenvalue weighted by Gasteiger charge is 1.79. The topological polar surface area (TPSA) is 0 Å². The summed E-state index contributed by atoms with van der Waals surface area (Å²) < 4.78 is 0. The number of halogens is 1. The van der Waals surface area contributed by atoms with E-state index in [-0.39, 0.29) is 0 Å². The van der Waals surface area contributed by atoms with Crippen molar-refractivity contribution >= 4 is 11.6 Å². The predicted octanol–water partition coefficient (Wildman–Crippen LogP) is 4.43. The largest absolute Gasteiger partial charge is 0.0930 e. The van der Waals surface area contributed by atoms with Crippen molar-refractivity contribution in [2.24, 2.45) is 0 Å². The third-order valence-corrected chi connectivity index (χ3v) is 1.66. The Morgan fingerprint density at radius 1 is 1.00 bits per heavy atom. The molecule has 0 saturated carbocycles. The standard InChI is InChI=1S/C11H17Cl/c1-2-3-4-5-6-7-8-9-10-11-12/h6-11H,2-5H2,1H3. The van der Waals surface area contributed by atoms with E-state index in [0.717, 1.165) is 0 Å². The molecule has 0 aliphatic carbocycles. The van der Waals surface area contributed by atoms with Crippen molar-refractivity contribution in [2.45, 2.75) is 32.6 Å². The first kappa shape index (κ1) is 11.5. The lowest BCUT2D eigenvalue weighted by Gasteiger charge is -1.89. The molecule has 0 aromatic carbocycles. The van der Waals surface area contributed by atoms with Gasteiger partial charge in [0.05, 0.1) is 0 Å². The minimum Gasteiger partial charge on any atom is -0.0930 e. The molecular formula is C11H17Cl. The van der Waals surface area contributed by atoms with Crippen LogP contribution >= 0.6 is 11.6 Å². The van der Waals surface area contributed by atoms with Crippen LogP contribution in [0.15, 0.2) is 35.9 Å². The average Bonchev–Trinajstić information content (AvgIpc) is 2.10. The van der Waals surface area contributed by atoms with E-state index in [0.29, 0.717) is 0 Å². The number of unbranched alkanes of at least 4 members (excludes halogenated alkanes) is 3. The van der Waals surface area contributed by atoms with Gasteiger partial charge in [0.1, 0.15) is 0 Å². The van der Waals surface area contributed by atoms with E-state index < -0.39 is 0 Å². The van der Waals surface area contributed by atoms with Gasteiger partial charge in [-0.25, -0.2) is 0 Å². The zero-order chi connectivity index (χ0) is 9.07. The van der Waals surface area contributed by atoms with Crippen molar-refractivity contribution < 1.29 is 0 Å². The van der Waals surface area contributed by atoms with Crippen LogP contribution in [0.25, 0.3) is 0 Å². The zero-order valence-electron chi connectivity index (χ0n) is 7.67. The second-order valence-electron chi connectivity index (χ2n) is 2.63. The number of rotatable bonds is 6. The molecule has 0 spiro atoms. The highest BCUT2D eigenvalue weighted by atomic mass is 35.5. The quantitative estimate of drug-likeness (QED) is 0.423. The summed E-state index contributed by atoms with van der Waals surface area (Å²) in [5, 5.41) is 0. The molecule has 0 radical (unpaired) electrons. The van der Waals surface area contributed by atoms with E-state index in [1.54, 1.807) is 6.08 Å². The molecule has 0 aliphatic heterocycles. The normalized spacial score (nSPS) is 12.5. The van der Waals surface area contributed by atoms with E-state index in [1.165, 1.54) is 31.2 Å². The maximum atomic E-state index is 5.33. The Balaban J connectivity index is 3.24. The van der Waals surface area contributed by atoms with Crippen molar-refractivity contribution in [3.05, 3.63) is 35.9 Å². The Hall–Kier alpha value is -0.490. The molecule has 0 rings (SSSR count). The van der Waals surface area contributed by atoms with Gasteiger partial charge in [0.25, 0.3) is 0 Å². The first-order valence-electron chi connectivity index (χ1n) is 4.50. The van der Waals surface area contributed by atoms with E-state index in [1.807, 2.05) is 12.2 Å². The SMILES string of the molecule is CCCCCC=CC=CC=CCl. The fourth-order valence-electron chi connectivity index (χ4n) is 0.857. The molecule has 0 amide bonds. The van der Waals surface area contributed by atoms with Crippen LogP contribution in [0.1, 0.15) is 32.6 Å². The van der Waals surface area contributed by atoms with Gasteiger partial charge in [-0.2, -0.15) is 0 Å². The number of hydrogen-bond donors (Lipinski definition) is 0. The molecule has 0 heterocycles. The molecule has 0 aromatic rings. The summed E-state index contributed by atoms with van der Waals surface area (Å²) in [4.78, 5) is 0. The van der Waals surface area contributed by atoms with Crippen LogP contribution in [-0.4, -0.2) is 0 Å². The lowest BCUT2D eigenvalue weighted by molar-refractivity contribution is 0.729. The molecule has 0 aliphatic rings. The Labute approximate surface area is 80.6 Å². The van der Waals surface area contributed by atoms with Gasteiger partial charge in [0.2, 0.25) is 0 Å². The van der Waals surface area contributed by atoms with Crippen LogP contribution in [-0.2, 0) is 0 Å². The van der Waals surface area contributed by atoms with Gasteiger partial charge in [-0.1, -0.05) is 61.7 Å². The van der Waals surface area contributed by atoms with Crippen LogP contribution < -0.4 is 0 Å². The van der Waals surface area contributed by atoms with E-state index in [4.69, 9.17) is 11.6 Å². The van der Waals surface area contributed by atoms with Gasteiger partial charge < -0.3 is 0 Å². The summed E-state index contributed by atoms with van der Waals surface area (Å²) in [5.74, 6) is 0. The minimum absolute atomic E-state index is 1.18. The first-order chi connectivity index (χ1) is 5.91. The molecule has 0 unspecified atom stereocenters. The van der Waals surface area contributed by atoms with Crippen LogP contribution in [0.3, 0.4) is 0 Å². The summed E-state index contributed by atoms with van der Waals surface area (Å²) in [6.45, 7) is 2.22. The second kappa shape index (κ2) is 10.5. The molecule has 0 bridgehead atoms.